The summed E-state index contributed by atoms with van der Waals surface area (Å²) in [5.41, 5.74) is -2.84. The van der Waals surface area contributed by atoms with Gasteiger partial charge in [-0.3, -0.25) is 4.79 Å². The second-order valence-corrected chi connectivity index (χ2v) is 10.6. The Balaban J connectivity index is 1.73. The van der Waals surface area contributed by atoms with E-state index >= 15 is 0 Å². The Hall–Kier alpha value is -3.65. The average Bonchev–Trinajstić information content (AvgIpc) is 3.52. The number of alkyl halides is 3. The Morgan fingerprint density at radius 1 is 1.22 bits per heavy atom. The maximum Gasteiger partial charge on any atom is 0.435 e. The third-order valence-electron chi connectivity index (χ3n) is 5.52. The summed E-state index contributed by atoms with van der Waals surface area (Å²) in [5.74, 6) is -1.67. The van der Waals surface area contributed by atoms with Crippen LogP contribution < -0.4 is 10.1 Å². The van der Waals surface area contributed by atoms with Crippen LogP contribution in [-0.2, 0) is 21.5 Å². The third kappa shape index (κ3) is 5.14. The molecular weight excluding hydrogens is 501 g/mol. The topological polar surface area (TPSA) is 151 Å². The summed E-state index contributed by atoms with van der Waals surface area (Å²) in [5, 5.41) is 19.4. The lowest BCUT2D eigenvalue weighted by Crippen LogP contribution is -2.21. The Bertz CT molecular complexity index is 1470. The number of carbonyl (C=O) groups excluding carboxylic acids is 1. The van der Waals surface area contributed by atoms with E-state index in [0.717, 1.165) is 6.92 Å². The highest BCUT2D eigenvalue weighted by Crippen LogP contribution is 2.44. The minimum atomic E-state index is -4.89. The lowest BCUT2D eigenvalue weighted by molar-refractivity contribution is -0.142. The molecule has 2 aromatic heterocycles. The Labute approximate surface area is 203 Å². The van der Waals surface area contributed by atoms with Crippen molar-refractivity contribution < 1.29 is 32.0 Å². The molecule has 0 radical (unpaired) electrons. The lowest BCUT2D eigenvalue weighted by Gasteiger charge is -2.16. The summed E-state index contributed by atoms with van der Waals surface area (Å²) < 4.78 is 65.9. The van der Waals surface area contributed by atoms with E-state index in [2.05, 4.69) is 25.5 Å². The molecule has 0 spiro atoms. The van der Waals surface area contributed by atoms with Crippen molar-refractivity contribution in [2.45, 2.75) is 43.4 Å². The number of nitrogens with one attached hydrogen (secondary N) is 2. The normalized spacial score (nSPS) is 16.2. The SMILES string of the molecule is Cc1nc(C2(O)CC2)cnc1Oc1nnc(C(F)(F)F)c(C)c1C(=O)Nc1cccc(S(C)(=N)=O)c1. The van der Waals surface area contributed by atoms with Crippen molar-refractivity contribution >= 4 is 21.3 Å². The Kier molecular flexibility index (Phi) is 6.21. The number of aliphatic hydroxyl groups is 1. The first kappa shape index (κ1) is 25.4. The van der Waals surface area contributed by atoms with Gasteiger partial charge in [-0.05, 0) is 50.5 Å². The number of aromatic nitrogens is 4. The predicted molar refractivity (Wildman–Crippen MR) is 121 cm³/mol. The Morgan fingerprint density at radius 2 is 1.92 bits per heavy atom. The number of aryl methyl sites for hydroxylation is 1. The number of amides is 1. The van der Waals surface area contributed by atoms with E-state index in [1.165, 1.54) is 43.6 Å². The number of hydrogen-bond donors (Lipinski definition) is 3. The quantitative estimate of drug-likeness (QED) is 0.440. The predicted octanol–water partition coefficient (Wildman–Crippen LogP) is 3.96. The Morgan fingerprint density at radius 3 is 2.50 bits per heavy atom. The summed E-state index contributed by atoms with van der Waals surface area (Å²) in [6.45, 7) is 2.58. The van der Waals surface area contributed by atoms with Gasteiger partial charge in [0, 0.05) is 16.8 Å². The average molecular weight is 523 g/mol. The molecule has 1 aliphatic carbocycles. The molecule has 1 aromatic carbocycles. The lowest BCUT2D eigenvalue weighted by atomic mass is 10.1. The van der Waals surface area contributed by atoms with Crippen LogP contribution in [0.3, 0.4) is 0 Å². The van der Waals surface area contributed by atoms with E-state index in [0.29, 0.717) is 18.5 Å². The molecule has 3 aromatic rings. The molecule has 1 saturated carbocycles. The van der Waals surface area contributed by atoms with Crippen molar-refractivity contribution in [3.63, 3.8) is 0 Å². The molecule has 190 valence electrons. The molecule has 0 saturated heterocycles. The summed E-state index contributed by atoms with van der Waals surface area (Å²) in [6.07, 6.45) is -1.34. The highest BCUT2D eigenvalue weighted by Gasteiger charge is 2.44. The molecule has 1 fully saturated rings. The maximum absolute atomic E-state index is 13.5. The molecular formula is C22H21F3N6O4S. The first-order valence-electron chi connectivity index (χ1n) is 10.5. The van der Waals surface area contributed by atoms with Gasteiger partial charge in [0.05, 0.1) is 21.6 Å². The maximum atomic E-state index is 13.5. The molecule has 2 heterocycles. The molecule has 1 unspecified atom stereocenters. The van der Waals surface area contributed by atoms with Gasteiger partial charge in [-0.2, -0.15) is 13.2 Å². The first-order valence-corrected chi connectivity index (χ1v) is 12.5. The molecule has 1 atom stereocenters. The summed E-state index contributed by atoms with van der Waals surface area (Å²) in [7, 11) is -3.10. The van der Waals surface area contributed by atoms with Crippen LogP contribution in [0.4, 0.5) is 18.9 Å². The van der Waals surface area contributed by atoms with Crippen LogP contribution in [0.2, 0.25) is 0 Å². The summed E-state index contributed by atoms with van der Waals surface area (Å²) in [4.78, 5) is 21.6. The second kappa shape index (κ2) is 8.78. The molecule has 1 amide bonds. The van der Waals surface area contributed by atoms with E-state index in [-0.39, 0.29) is 22.2 Å². The molecule has 36 heavy (non-hydrogen) atoms. The third-order valence-corrected chi connectivity index (χ3v) is 6.67. The van der Waals surface area contributed by atoms with Crippen LogP contribution in [0.1, 0.15) is 45.8 Å². The smallest absolute Gasteiger partial charge is 0.416 e. The molecule has 3 N–H and O–H groups in total. The minimum absolute atomic E-state index is 0.105. The van der Waals surface area contributed by atoms with Gasteiger partial charge < -0.3 is 15.2 Å². The number of ether oxygens (including phenoxy) is 1. The van der Waals surface area contributed by atoms with Crippen molar-refractivity contribution in [3.8, 4) is 11.8 Å². The van der Waals surface area contributed by atoms with Gasteiger partial charge in [-0.1, -0.05) is 6.07 Å². The molecule has 14 heteroatoms. The van der Waals surface area contributed by atoms with Gasteiger partial charge in [0.2, 0.25) is 5.88 Å². The van der Waals surface area contributed by atoms with E-state index in [1.54, 1.807) is 0 Å². The fourth-order valence-corrected chi connectivity index (χ4v) is 4.07. The number of rotatable bonds is 6. The zero-order valence-electron chi connectivity index (χ0n) is 19.3. The van der Waals surface area contributed by atoms with Crippen LogP contribution in [0.5, 0.6) is 11.8 Å². The zero-order valence-corrected chi connectivity index (χ0v) is 20.1. The van der Waals surface area contributed by atoms with Crippen LogP contribution in [0.25, 0.3) is 0 Å². The van der Waals surface area contributed by atoms with Crippen molar-refractivity contribution in [2.75, 3.05) is 11.6 Å². The van der Waals surface area contributed by atoms with Gasteiger partial charge in [0.15, 0.2) is 5.69 Å². The number of carbonyl (C=O) groups is 1. The fraction of sp³-hybridized carbons (Fsp3) is 0.318. The summed E-state index contributed by atoms with van der Waals surface area (Å²) >= 11 is 0. The first-order chi connectivity index (χ1) is 16.7. The molecule has 10 nitrogen and oxygen atoms in total. The number of hydrogen-bond acceptors (Lipinski definition) is 9. The standard InChI is InChI=1S/C22H21F3N6O4S/c1-11-16(18(32)29-13-5-4-6-14(9-13)36(3,26)34)20(31-30-17(11)22(23,24)25)35-19-12(2)28-15(10-27-19)21(33)7-8-21/h4-6,9-10,26,33H,7-8H2,1-3H3,(H,29,32). The molecule has 4 rings (SSSR count). The number of nitrogens with zero attached hydrogens (tertiary/aromatic N) is 4. The zero-order chi connectivity index (χ0) is 26.5. The minimum Gasteiger partial charge on any atom is -0.416 e. The van der Waals surface area contributed by atoms with E-state index in [9.17, 15) is 27.3 Å². The van der Waals surface area contributed by atoms with Gasteiger partial charge in [-0.15, -0.1) is 10.2 Å². The molecule has 0 bridgehead atoms. The monoisotopic (exact) mass is 522 g/mol. The largest absolute Gasteiger partial charge is 0.435 e. The van der Waals surface area contributed by atoms with Crippen molar-refractivity contribution in [2.24, 2.45) is 0 Å². The molecule has 0 aliphatic heterocycles. The second-order valence-electron chi connectivity index (χ2n) is 8.46. The fourth-order valence-electron chi connectivity index (χ4n) is 3.38. The van der Waals surface area contributed by atoms with E-state index in [4.69, 9.17) is 9.52 Å². The van der Waals surface area contributed by atoms with Crippen molar-refractivity contribution in [1.82, 2.24) is 20.2 Å². The van der Waals surface area contributed by atoms with Gasteiger partial charge in [0.1, 0.15) is 16.9 Å². The van der Waals surface area contributed by atoms with E-state index in [1.807, 2.05) is 0 Å². The van der Waals surface area contributed by atoms with Crippen LogP contribution >= 0.6 is 0 Å². The van der Waals surface area contributed by atoms with Crippen molar-refractivity contribution in [1.29, 1.82) is 4.78 Å². The van der Waals surface area contributed by atoms with Gasteiger partial charge in [0.25, 0.3) is 11.8 Å². The van der Waals surface area contributed by atoms with E-state index < -0.39 is 50.1 Å². The van der Waals surface area contributed by atoms with Crippen LogP contribution in [0, 0.1) is 18.6 Å². The highest BCUT2D eigenvalue weighted by atomic mass is 32.2. The van der Waals surface area contributed by atoms with Gasteiger partial charge >= 0.3 is 6.18 Å². The van der Waals surface area contributed by atoms with Gasteiger partial charge in [-0.25, -0.2) is 19.0 Å². The van der Waals surface area contributed by atoms with Crippen molar-refractivity contribution in [3.05, 3.63) is 58.7 Å². The summed E-state index contributed by atoms with van der Waals surface area (Å²) in [6, 6.07) is 5.61. The highest BCUT2D eigenvalue weighted by molar-refractivity contribution is 7.91. The van der Waals surface area contributed by atoms with Crippen LogP contribution in [-0.4, -0.2) is 41.6 Å². The number of benzene rings is 1. The molecule has 1 aliphatic rings. The number of anilines is 1. The number of halogens is 3. The van der Waals surface area contributed by atoms with Crippen LogP contribution in [0.15, 0.2) is 35.4 Å².